The summed E-state index contributed by atoms with van der Waals surface area (Å²) in [7, 11) is 0. The van der Waals surface area contributed by atoms with E-state index in [1.54, 1.807) is 0 Å². The molecule has 0 aliphatic carbocycles. The van der Waals surface area contributed by atoms with Crippen LogP contribution in [0.15, 0.2) is 18.2 Å². The number of carbonyl (C=O) groups is 1. The van der Waals surface area contributed by atoms with Crippen LogP contribution in [0.3, 0.4) is 0 Å². The fourth-order valence-electron chi connectivity index (χ4n) is 2.00. The van der Waals surface area contributed by atoms with E-state index in [1.165, 1.54) is 11.1 Å². The van der Waals surface area contributed by atoms with Crippen LogP contribution >= 0.6 is 0 Å². The van der Waals surface area contributed by atoms with Gasteiger partial charge in [0.25, 0.3) is 0 Å². The van der Waals surface area contributed by atoms with E-state index >= 15 is 0 Å². The molecule has 1 aromatic carbocycles. The van der Waals surface area contributed by atoms with Crippen LogP contribution in [0.4, 0.5) is 0 Å². The summed E-state index contributed by atoms with van der Waals surface area (Å²) >= 11 is 0. The molecule has 1 unspecified atom stereocenters. The van der Waals surface area contributed by atoms with Gasteiger partial charge in [0.15, 0.2) is 0 Å². The highest BCUT2D eigenvalue weighted by Gasteiger charge is 2.19. The Kier molecular flexibility index (Phi) is 4.91. The molecule has 0 bridgehead atoms. The molecule has 100 valence electrons. The van der Waals surface area contributed by atoms with Crippen LogP contribution in [0.25, 0.3) is 0 Å². The van der Waals surface area contributed by atoms with Crippen LogP contribution in [0, 0.1) is 19.8 Å². The second-order valence-corrected chi connectivity index (χ2v) is 5.36. The van der Waals surface area contributed by atoms with E-state index in [-0.39, 0.29) is 17.9 Å². The van der Waals surface area contributed by atoms with Crippen molar-refractivity contribution in [2.75, 3.05) is 0 Å². The van der Waals surface area contributed by atoms with Crippen molar-refractivity contribution in [3.05, 3.63) is 34.9 Å². The van der Waals surface area contributed by atoms with Gasteiger partial charge in [0.05, 0.1) is 12.1 Å². The number of carbonyl (C=O) groups excluding carboxylic acids is 1. The lowest BCUT2D eigenvalue weighted by molar-refractivity contribution is -0.123. The number of nitrogens with one attached hydrogen (secondary N) is 1. The summed E-state index contributed by atoms with van der Waals surface area (Å²) in [5, 5.41) is 2.97. The van der Waals surface area contributed by atoms with Crippen molar-refractivity contribution in [2.24, 2.45) is 11.7 Å². The first-order chi connectivity index (χ1) is 8.32. The molecule has 1 amide bonds. The van der Waals surface area contributed by atoms with Gasteiger partial charge >= 0.3 is 0 Å². The minimum Gasteiger partial charge on any atom is -0.348 e. The summed E-state index contributed by atoms with van der Waals surface area (Å²) in [6.45, 7) is 10.0. The van der Waals surface area contributed by atoms with Gasteiger partial charge in [-0.05, 0) is 37.8 Å². The summed E-state index contributed by atoms with van der Waals surface area (Å²) in [6.07, 6.45) is 0. The molecule has 0 aromatic heterocycles. The number of benzene rings is 1. The average Bonchev–Trinajstić information content (AvgIpc) is 2.27. The maximum absolute atomic E-state index is 11.9. The van der Waals surface area contributed by atoms with Crippen molar-refractivity contribution in [1.29, 1.82) is 0 Å². The highest BCUT2D eigenvalue weighted by atomic mass is 16.2. The minimum absolute atomic E-state index is 0.0112. The first-order valence-electron chi connectivity index (χ1n) is 6.46. The van der Waals surface area contributed by atoms with Crippen LogP contribution in [-0.2, 0) is 4.79 Å². The lowest BCUT2D eigenvalue weighted by Gasteiger charge is -2.21. The average molecular weight is 248 g/mol. The molecule has 2 atom stereocenters. The smallest absolute Gasteiger partial charge is 0.237 e. The highest BCUT2D eigenvalue weighted by Crippen LogP contribution is 2.18. The molecule has 3 N–H and O–H groups in total. The maximum atomic E-state index is 11.9. The van der Waals surface area contributed by atoms with Gasteiger partial charge in [0.1, 0.15) is 0 Å². The van der Waals surface area contributed by atoms with Crippen molar-refractivity contribution in [3.63, 3.8) is 0 Å². The number of hydrogen-bond donors (Lipinski definition) is 2. The van der Waals surface area contributed by atoms with Gasteiger partial charge in [0.2, 0.25) is 5.91 Å². The second-order valence-electron chi connectivity index (χ2n) is 5.36. The Labute approximate surface area is 110 Å². The zero-order valence-electron chi connectivity index (χ0n) is 11.9. The molecule has 3 heteroatoms. The lowest BCUT2D eigenvalue weighted by Crippen LogP contribution is -2.44. The topological polar surface area (TPSA) is 55.1 Å². The number of nitrogens with two attached hydrogens (primary N) is 1. The lowest BCUT2D eigenvalue weighted by atomic mass is 9.99. The SMILES string of the molecule is Cc1ccc(C(C)NC(=O)[C@H](N)C(C)C)c(C)c1. The van der Waals surface area contributed by atoms with E-state index in [9.17, 15) is 4.79 Å². The number of hydrogen-bond acceptors (Lipinski definition) is 2. The quantitative estimate of drug-likeness (QED) is 0.860. The first-order valence-corrected chi connectivity index (χ1v) is 6.46. The number of rotatable bonds is 4. The van der Waals surface area contributed by atoms with Gasteiger partial charge in [-0.2, -0.15) is 0 Å². The van der Waals surface area contributed by atoms with Gasteiger partial charge in [-0.3, -0.25) is 4.79 Å². The van der Waals surface area contributed by atoms with E-state index in [2.05, 4.69) is 37.4 Å². The molecule has 0 fully saturated rings. The van der Waals surface area contributed by atoms with E-state index in [4.69, 9.17) is 5.73 Å². The van der Waals surface area contributed by atoms with E-state index in [0.717, 1.165) is 5.56 Å². The summed E-state index contributed by atoms with van der Waals surface area (Å²) < 4.78 is 0. The molecule has 0 saturated heterocycles. The van der Waals surface area contributed by atoms with Crippen LogP contribution in [0.2, 0.25) is 0 Å². The molecule has 18 heavy (non-hydrogen) atoms. The van der Waals surface area contributed by atoms with E-state index in [1.807, 2.05) is 20.8 Å². The largest absolute Gasteiger partial charge is 0.348 e. The van der Waals surface area contributed by atoms with Crippen molar-refractivity contribution in [3.8, 4) is 0 Å². The fraction of sp³-hybridized carbons (Fsp3) is 0.533. The zero-order chi connectivity index (χ0) is 13.9. The predicted molar refractivity (Wildman–Crippen MR) is 75.3 cm³/mol. The molecule has 1 aromatic rings. The van der Waals surface area contributed by atoms with Gasteiger partial charge in [-0.25, -0.2) is 0 Å². The number of amides is 1. The predicted octanol–water partition coefficient (Wildman–Crippen LogP) is 2.46. The maximum Gasteiger partial charge on any atom is 0.237 e. The summed E-state index contributed by atoms with van der Waals surface area (Å²) in [6, 6.07) is 5.80. The molecule has 3 nitrogen and oxygen atoms in total. The van der Waals surface area contributed by atoms with Crippen molar-refractivity contribution in [1.82, 2.24) is 5.32 Å². The van der Waals surface area contributed by atoms with Gasteiger partial charge in [0, 0.05) is 0 Å². The molecule has 0 aliphatic rings. The standard InChI is InChI=1S/C15H24N2O/c1-9(2)14(16)15(18)17-12(5)13-7-6-10(3)8-11(13)4/h6-9,12,14H,16H2,1-5H3,(H,17,18)/t12?,14-/m1/s1. The third-order valence-corrected chi connectivity index (χ3v) is 3.27. The third-order valence-electron chi connectivity index (χ3n) is 3.27. The Bertz CT molecular complexity index is 427. The molecule has 0 spiro atoms. The van der Waals surface area contributed by atoms with E-state index in [0.29, 0.717) is 0 Å². The Morgan fingerprint density at radius 1 is 1.22 bits per heavy atom. The van der Waals surface area contributed by atoms with Crippen LogP contribution in [0.5, 0.6) is 0 Å². The van der Waals surface area contributed by atoms with E-state index < -0.39 is 6.04 Å². The van der Waals surface area contributed by atoms with Crippen LogP contribution in [0.1, 0.15) is 43.5 Å². The molecule has 0 heterocycles. The molecular formula is C15H24N2O. The van der Waals surface area contributed by atoms with Gasteiger partial charge < -0.3 is 11.1 Å². The third kappa shape index (κ3) is 3.57. The Balaban J connectivity index is 2.76. The van der Waals surface area contributed by atoms with Gasteiger partial charge in [-0.15, -0.1) is 0 Å². The van der Waals surface area contributed by atoms with Crippen LogP contribution < -0.4 is 11.1 Å². The van der Waals surface area contributed by atoms with Crippen molar-refractivity contribution in [2.45, 2.75) is 46.7 Å². The molecular weight excluding hydrogens is 224 g/mol. The minimum atomic E-state index is -0.446. The molecule has 1 rings (SSSR count). The van der Waals surface area contributed by atoms with Crippen molar-refractivity contribution >= 4 is 5.91 Å². The Morgan fingerprint density at radius 3 is 2.33 bits per heavy atom. The highest BCUT2D eigenvalue weighted by molar-refractivity contribution is 5.82. The monoisotopic (exact) mass is 248 g/mol. The normalized spacial score (nSPS) is 14.4. The van der Waals surface area contributed by atoms with Gasteiger partial charge in [-0.1, -0.05) is 37.6 Å². The molecule has 0 radical (unpaired) electrons. The molecule has 0 saturated carbocycles. The summed E-state index contributed by atoms with van der Waals surface area (Å²) in [5.41, 5.74) is 9.41. The van der Waals surface area contributed by atoms with Crippen molar-refractivity contribution < 1.29 is 4.79 Å². The second kappa shape index (κ2) is 6.01. The summed E-state index contributed by atoms with van der Waals surface area (Å²) in [5.74, 6) is 0.0637. The Hall–Kier alpha value is -1.35. The first kappa shape index (κ1) is 14.7. The zero-order valence-corrected chi connectivity index (χ0v) is 11.9. The number of aryl methyl sites for hydroxylation is 2. The summed E-state index contributed by atoms with van der Waals surface area (Å²) in [4.78, 5) is 11.9. The Morgan fingerprint density at radius 2 is 1.83 bits per heavy atom. The molecule has 0 aliphatic heterocycles. The fourth-order valence-corrected chi connectivity index (χ4v) is 2.00. The van der Waals surface area contributed by atoms with Crippen LogP contribution in [-0.4, -0.2) is 11.9 Å².